The van der Waals surface area contributed by atoms with Crippen LogP contribution >= 0.6 is 0 Å². The van der Waals surface area contributed by atoms with E-state index in [4.69, 9.17) is 4.74 Å². The van der Waals surface area contributed by atoms with Crippen LogP contribution in [-0.4, -0.2) is 31.7 Å². The second-order valence-electron chi connectivity index (χ2n) is 6.32. The summed E-state index contributed by atoms with van der Waals surface area (Å²) in [4.78, 5) is 24.4. The second kappa shape index (κ2) is 5.96. The van der Waals surface area contributed by atoms with E-state index < -0.39 is 17.0 Å². The van der Waals surface area contributed by atoms with Gasteiger partial charge in [-0.1, -0.05) is 13.8 Å². The van der Waals surface area contributed by atoms with Gasteiger partial charge in [0.2, 0.25) is 0 Å². The fourth-order valence-corrected chi connectivity index (χ4v) is 3.81. The number of ketones is 1. The molecular weight excluding hydrogens is 306 g/mol. The summed E-state index contributed by atoms with van der Waals surface area (Å²) in [6, 6.07) is 0. The predicted octanol–water partition coefficient (Wildman–Crippen LogP) is 2.10. The Morgan fingerprint density at radius 1 is 1.41 bits per heavy atom. The highest BCUT2D eigenvalue weighted by atomic mass is 32.2. The largest absolute Gasteiger partial charge is 0.465 e. The van der Waals surface area contributed by atoms with E-state index in [9.17, 15) is 18.4 Å². The number of carbonyl (C=O) groups is 2. The first-order valence-electron chi connectivity index (χ1n) is 7.19. The molecule has 1 aromatic rings. The van der Waals surface area contributed by atoms with Gasteiger partial charge in [-0.05, 0) is 25.7 Å². The zero-order valence-corrected chi connectivity index (χ0v) is 14.1. The number of aromatic nitrogens is 1. The van der Waals surface area contributed by atoms with Crippen molar-refractivity contribution in [2.24, 2.45) is 5.41 Å². The molecule has 0 spiro atoms. The lowest BCUT2D eigenvalue weighted by atomic mass is 9.76. The van der Waals surface area contributed by atoms with Gasteiger partial charge >= 0.3 is 5.97 Å². The zero-order valence-electron chi connectivity index (χ0n) is 13.3. The second-order valence-corrected chi connectivity index (χ2v) is 7.22. The molecule has 0 fully saturated rings. The van der Waals surface area contributed by atoms with Gasteiger partial charge in [0.25, 0.3) is 0 Å². The Balaban J connectivity index is 2.59. The molecule has 0 aliphatic heterocycles. The van der Waals surface area contributed by atoms with Crippen LogP contribution in [0.25, 0.3) is 0 Å². The number of carbonyl (C=O) groups excluding carboxylic acids is 2. The van der Waals surface area contributed by atoms with Gasteiger partial charge in [0.15, 0.2) is 16.9 Å². The van der Waals surface area contributed by atoms with Crippen molar-refractivity contribution in [3.63, 3.8) is 0 Å². The minimum absolute atomic E-state index is 0.0530. The number of fused-ring (bicyclic) bond motifs is 1. The molecule has 1 aliphatic rings. The highest BCUT2D eigenvalue weighted by Crippen LogP contribution is 2.39. The lowest BCUT2D eigenvalue weighted by Gasteiger charge is -2.29. The molecule has 7 heteroatoms. The number of ether oxygens (including phenoxy) is 1. The molecule has 1 heterocycles. The average molecular weight is 327 g/mol. The first-order valence-corrected chi connectivity index (χ1v) is 8.30. The van der Waals surface area contributed by atoms with Crippen molar-refractivity contribution >= 4 is 22.8 Å². The van der Waals surface area contributed by atoms with Gasteiger partial charge in [0.1, 0.15) is 6.54 Å². The van der Waals surface area contributed by atoms with Crippen molar-refractivity contribution in [1.82, 2.24) is 4.57 Å². The molecule has 1 atom stereocenters. The molecule has 0 bridgehead atoms. The maximum atomic E-state index is 12.4. The Hall–Kier alpha value is -1.47. The van der Waals surface area contributed by atoms with Crippen LogP contribution in [0.15, 0.2) is 4.90 Å². The Labute approximate surface area is 132 Å². The lowest BCUT2D eigenvalue weighted by Crippen LogP contribution is -2.29. The van der Waals surface area contributed by atoms with Crippen LogP contribution in [0.4, 0.5) is 0 Å². The third-order valence-electron chi connectivity index (χ3n) is 3.91. The minimum Gasteiger partial charge on any atom is -0.465 e. The van der Waals surface area contributed by atoms with Crippen LogP contribution in [-0.2, 0) is 33.6 Å². The molecule has 0 saturated carbocycles. The predicted molar refractivity (Wildman–Crippen MR) is 81.3 cm³/mol. The Morgan fingerprint density at radius 3 is 2.59 bits per heavy atom. The number of hydrogen-bond acceptors (Lipinski definition) is 4. The Kier molecular flexibility index (Phi) is 4.58. The number of esters is 1. The van der Waals surface area contributed by atoms with E-state index in [1.54, 1.807) is 18.4 Å². The fourth-order valence-electron chi connectivity index (χ4n) is 3.05. The van der Waals surface area contributed by atoms with Crippen molar-refractivity contribution in [2.45, 2.75) is 52.0 Å². The summed E-state index contributed by atoms with van der Waals surface area (Å²) >= 11 is -2.27. The van der Waals surface area contributed by atoms with Crippen molar-refractivity contribution in [3.8, 4) is 0 Å². The number of rotatable bonds is 4. The van der Waals surface area contributed by atoms with Gasteiger partial charge < -0.3 is 13.9 Å². The molecule has 122 valence electrons. The van der Waals surface area contributed by atoms with E-state index in [-0.39, 0.29) is 29.2 Å². The summed E-state index contributed by atoms with van der Waals surface area (Å²) in [5.41, 5.74) is 1.20. The van der Waals surface area contributed by atoms with Crippen molar-refractivity contribution in [1.29, 1.82) is 0 Å². The van der Waals surface area contributed by atoms with Gasteiger partial charge in [-0.25, -0.2) is 4.21 Å². The van der Waals surface area contributed by atoms with Gasteiger partial charge in [-0.3, -0.25) is 9.59 Å². The number of hydrogen-bond donors (Lipinski definition) is 1. The van der Waals surface area contributed by atoms with Crippen LogP contribution in [0.2, 0.25) is 0 Å². The summed E-state index contributed by atoms with van der Waals surface area (Å²) in [5, 5.41) is 0. The standard InChI is InChI=1S/C15H21NO5S/c1-5-21-12(18)8-16-9(2)14(22(19)20)13-10(16)6-15(3,4)7-11(13)17/h5-8H2,1-4H3,(H,19,20). The SMILES string of the molecule is CCOC(=O)Cn1c(C)c(S(=O)O)c2c1CC(C)(C)CC2=O. The Morgan fingerprint density at radius 2 is 2.05 bits per heavy atom. The summed E-state index contributed by atoms with van der Waals surface area (Å²) in [6.07, 6.45) is 0.901. The molecule has 0 aromatic carbocycles. The summed E-state index contributed by atoms with van der Waals surface area (Å²) in [7, 11) is 0. The number of Topliss-reactive ketones (excluding diaryl/α,β-unsaturated/α-hetero) is 1. The van der Waals surface area contributed by atoms with Crippen molar-refractivity contribution < 1.29 is 23.1 Å². The van der Waals surface area contributed by atoms with Crippen LogP contribution in [0.3, 0.4) is 0 Å². The highest BCUT2D eigenvalue weighted by Gasteiger charge is 2.38. The third kappa shape index (κ3) is 3.01. The van der Waals surface area contributed by atoms with E-state index in [0.29, 0.717) is 29.8 Å². The first kappa shape index (κ1) is 16.9. The summed E-state index contributed by atoms with van der Waals surface area (Å²) < 4.78 is 27.8. The monoisotopic (exact) mass is 327 g/mol. The molecular formula is C15H21NO5S. The van der Waals surface area contributed by atoms with E-state index in [2.05, 4.69) is 0 Å². The quantitative estimate of drug-likeness (QED) is 0.676. The maximum absolute atomic E-state index is 12.4. The molecule has 22 heavy (non-hydrogen) atoms. The molecule has 0 saturated heterocycles. The molecule has 1 aromatic heterocycles. The number of nitrogens with zero attached hydrogens (tertiary/aromatic N) is 1. The zero-order chi connectivity index (χ0) is 16.7. The average Bonchev–Trinajstić information content (AvgIpc) is 2.62. The van der Waals surface area contributed by atoms with Crippen LogP contribution in [0, 0.1) is 12.3 Å². The molecule has 1 N–H and O–H groups in total. The van der Waals surface area contributed by atoms with E-state index in [1.165, 1.54) is 0 Å². The molecule has 1 aliphatic carbocycles. The van der Waals surface area contributed by atoms with Gasteiger partial charge in [-0.15, -0.1) is 0 Å². The summed E-state index contributed by atoms with van der Waals surface area (Å²) in [5.74, 6) is -0.566. The van der Waals surface area contributed by atoms with E-state index in [1.807, 2.05) is 13.8 Å². The maximum Gasteiger partial charge on any atom is 0.325 e. The molecule has 1 unspecified atom stereocenters. The van der Waals surface area contributed by atoms with Gasteiger partial charge in [-0.2, -0.15) is 0 Å². The van der Waals surface area contributed by atoms with E-state index >= 15 is 0 Å². The smallest absolute Gasteiger partial charge is 0.325 e. The van der Waals surface area contributed by atoms with Gasteiger partial charge in [0.05, 0.1) is 17.1 Å². The fraction of sp³-hybridized carbons (Fsp3) is 0.600. The lowest BCUT2D eigenvalue weighted by molar-refractivity contribution is -0.143. The van der Waals surface area contributed by atoms with Crippen LogP contribution < -0.4 is 0 Å². The molecule has 0 amide bonds. The van der Waals surface area contributed by atoms with Crippen molar-refractivity contribution in [3.05, 3.63) is 17.0 Å². The molecule has 6 nitrogen and oxygen atoms in total. The highest BCUT2D eigenvalue weighted by molar-refractivity contribution is 7.79. The molecule has 0 radical (unpaired) electrons. The van der Waals surface area contributed by atoms with E-state index in [0.717, 1.165) is 0 Å². The van der Waals surface area contributed by atoms with Gasteiger partial charge in [0, 0.05) is 17.8 Å². The summed E-state index contributed by atoms with van der Waals surface area (Å²) in [6.45, 7) is 7.53. The Bertz CT molecular complexity index is 659. The normalized spacial score (nSPS) is 18.0. The van der Waals surface area contributed by atoms with Crippen molar-refractivity contribution in [2.75, 3.05) is 6.61 Å². The van der Waals surface area contributed by atoms with Crippen LogP contribution in [0.1, 0.15) is 48.9 Å². The minimum atomic E-state index is -2.27. The third-order valence-corrected chi connectivity index (χ3v) is 4.75. The van der Waals surface area contributed by atoms with Crippen LogP contribution in [0.5, 0.6) is 0 Å². The topological polar surface area (TPSA) is 85.6 Å². The first-order chi connectivity index (χ1) is 10.2. The molecule has 2 rings (SSSR count).